The molecule has 1 aromatic rings. The maximum Gasteiger partial charge on any atom is 1.00 e. The van der Waals surface area contributed by atoms with Crippen LogP contribution < -0.4 is 50.6 Å². The summed E-state index contributed by atoms with van der Waals surface area (Å²) in [7, 11) is 0. The van der Waals surface area contributed by atoms with Gasteiger partial charge >= 0.3 is 41.6 Å². The van der Waals surface area contributed by atoms with Crippen molar-refractivity contribution < 1.29 is 58.6 Å². The van der Waals surface area contributed by atoms with Crippen LogP contribution in [0.2, 0.25) is 0 Å². The van der Waals surface area contributed by atoms with Crippen molar-refractivity contribution in [3.63, 3.8) is 0 Å². The first-order chi connectivity index (χ1) is 15.1. The summed E-state index contributed by atoms with van der Waals surface area (Å²) in [6.07, 6.45) is 0. The number of fused-ring (bicyclic) bond motifs is 1. The Labute approximate surface area is 216 Å². The van der Waals surface area contributed by atoms with E-state index in [1.807, 2.05) is 0 Å². The minimum Gasteiger partial charge on any atom is -0.548 e. The van der Waals surface area contributed by atoms with Crippen LogP contribution in [-0.2, 0) is 14.4 Å². The number of nitrogens with zero attached hydrogens (tertiary/aromatic N) is 2. The first-order valence-electron chi connectivity index (χ1n) is 10.0. The van der Waals surface area contributed by atoms with Crippen molar-refractivity contribution in [3.05, 3.63) is 35.9 Å². The zero-order valence-corrected chi connectivity index (χ0v) is 21.2. The van der Waals surface area contributed by atoms with Gasteiger partial charge in [0.1, 0.15) is 17.5 Å². The van der Waals surface area contributed by atoms with Crippen LogP contribution in [0.3, 0.4) is 0 Å². The molecule has 13 heteroatoms. The fourth-order valence-electron chi connectivity index (χ4n) is 4.18. The van der Waals surface area contributed by atoms with E-state index >= 15 is 0 Å². The third-order valence-corrected chi connectivity index (χ3v) is 7.30. The van der Waals surface area contributed by atoms with Gasteiger partial charge in [0, 0.05) is 17.8 Å². The second kappa shape index (κ2) is 9.53. The Balaban J connectivity index is 0.00000306. The number of benzene rings is 1. The van der Waals surface area contributed by atoms with Gasteiger partial charge in [-0.1, -0.05) is 30.3 Å². The minimum absolute atomic E-state index is 0. The molecular weight excluding hydrogens is 461 g/mol. The zero-order chi connectivity index (χ0) is 23.2. The van der Waals surface area contributed by atoms with Gasteiger partial charge in [0.2, 0.25) is 11.8 Å². The van der Waals surface area contributed by atoms with Crippen molar-refractivity contribution in [2.75, 3.05) is 13.1 Å². The van der Waals surface area contributed by atoms with Crippen LogP contribution in [0.5, 0.6) is 0 Å². The number of amides is 6. The van der Waals surface area contributed by atoms with Crippen molar-refractivity contribution >= 4 is 41.6 Å². The van der Waals surface area contributed by atoms with Gasteiger partial charge in [0.15, 0.2) is 0 Å². The van der Waals surface area contributed by atoms with Crippen LogP contribution in [-0.4, -0.2) is 74.9 Å². The van der Waals surface area contributed by atoms with Crippen LogP contribution in [0, 0.1) is 0 Å². The van der Waals surface area contributed by atoms with Gasteiger partial charge in [-0.15, -0.1) is 11.8 Å². The Morgan fingerprint density at radius 3 is 2.45 bits per heavy atom. The number of carboxylic acid groups (broad SMARTS) is 1. The molecule has 170 valence electrons. The van der Waals surface area contributed by atoms with E-state index in [-0.39, 0.29) is 36.1 Å². The Hall–Kier alpha value is -2.28. The molecule has 3 saturated heterocycles. The molecule has 0 radical (unpaired) electrons. The normalized spacial score (nSPS) is 25.8. The second-order valence-corrected chi connectivity index (χ2v) is 10.0. The van der Waals surface area contributed by atoms with E-state index in [4.69, 9.17) is 0 Å². The topological polar surface area (TPSA) is 151 Å². The van der Waals surface area contributed by atoms with Crippen LogP contribution in [0.25, 0.3) is 0 Å². The number of urea groups is 2. The van der Waals surface area contributed by atoms with Crippen LogP contribution in [0.4, 0.5) is 9.59 Å². The Kier molecular flexibility index (Phi) is 7.32. The Morgan fingerprint density at radius 1 is 1.21 bits per heavy atom. The van der Waals surface area contributed by atoms with Gasteiger partial charge < -0.3 is 30.8 Å². The van der Waals surface area contributed by atoms with E-state index in [0.29, 0.717) is 12.1 Å². The van der Waals surface area contributed by atoms with Crippen molar-refractivity contribution in [3.8, 4) is 0 Å². The smallest absolute Gasteiger partial charge is 0.548 e. The fourth-order valence-corrected chi connectivity index (χ4v) is 5.80. The predicted molar refractivity (Wildman–Crippen MR) is 111 cm³/mol. The number of carbonyl (C=O) groups is 5. The van der Waals surface area contributed by atoms with E-state index < -0.39 is 58.1 Å². The summed E-state index contributed by atoms with van der Waals surface area (Å²) in [5, 5.41) is 18.7. The summed E-state index contributed by atoms with van der Waals surface area (Å²) < 4.78 is -0.783. The minimum atomic E-state index is -1.35. The van der Waals surface area contributed by atoms with Crippen molar-refractivity contribution in [1.29, 1.82) is 0 Å². The number of aliphatic carboxylic acids is 1. The third-order valence-electron chi connectivity index (χ3n) is 5.73. The molecule has 0 spiro atoms. The van der Waals surface area contributed by atoms with Gasteiger partial charge in [-0.3, -0.25) is 9.59 Å². The molecule has 4 atom stereocenters. The summed E-state index contributed by atoms with van der Waals surface area (Å²) >= 11 is 1.27. The van der Waals surface area contributed by atoms with Gasteiger partial charge in [-0.05, 0) is 19.4 Å². The molecule has 0 saturated carbocycles. The molecule has 3 heterocycles. The maximum atomic E-state index is 13.1. The molecule has 3 N–H and O–H groups in total. The molecule has 3 aliphatic heterocycles. The number of hydrogen-bond donors (Lipinski definition) is 3. The zero-order valence-electron chi connectivity index (χ0n) is 18.4. The monoisotopic (exact) mass is 483 g/mol. The maximum absolute atomic E-state index is 13.1. The predicted octanol–water partition coefficient (Wildman–Crippen LogP) is -4.24. The average molecular weight is 483 g/mol. The SMILES string of the molecule is CC1(C)S[C@@H]2[C@H](NC(=O)C(NC(=O)N3CCNC3=O)c3ccccc3)C(=O)N2C1C(=O)[O-].[Na+]. The van der Waals surface area contributed by atoms with Crippen molar-refractivity contribution in [2.24, 2.45) is 0 Å². The molecule has 3 fully saturated rings. The first kappa shape index (κ1) is 25.3. The second-order valence-electron chi connectivity index (χ2n) is 8.24. The van der Waals surface area contributed by atoms with Gasteiger partial charge in [0.25, 0.3) is 0 Å². The molecule has 0 aliphatic carbocycles. The largest absolute Gasteiger partial charge is 1.00 e. The number of thioether (sulfide) groups is 1. The summed E-state index contributed by atoms with van der Waals surface area (Å²) in [5.74, 6) is -2.51. The molecule has 4 rings (SSSR count). The van der Waals surface area contributed by atoms with E-state index in [2.05, 4.69) is 16.0 Å². The molecule has 33 heavy (non-hydrogen) atoms. The summed E-state index contributed by atoms with van der Waals surface area (Å²) in [6, 6.07) is 3.93. The molecule has 0 aromatic heterocycles. The molecule has 3 aliphatic rings. The molecule has 11 nitrogen and oxygen atoms in total. The average Bonchev–Trinajstić information content (AvgIpc) is 3.29. The number of β-lactam (4-membered cyclic amide) rings is 1. The number of carbonyl (C=O) groups excluding carboxylic acids is 5. The quantitative estimate of drug-likeness (QED) is 0.284. The first-order valence-corrected chi connectivity index (χ1v) is 10.9. The summed E-state index contributed by atoms with van der Waals surface area (Å²) in [6.45, 7) is 3.89. The molecule has 0 bridgehead atoms. The van der Waals surface area contributed by atoms with Gasteiger partial charge in [-0.2, -0.15) is 0 Å². The third kappa shape index (κ3) is 4.57. The molecule has 1 aromatic carbocycles. The molecule has 2 unspecified atom stereocenters. The van der Waals surface area contributed by atoms with Gasteiger partial charge in [-0.25, -0.2) is 14.5 Å². The van der Waals surface area contributed by atoms with Crippen molar-refractivity contribution in [2.45, 2.75) is 42.1 Å². The Bertz CT molecular complexity index is 992. The van der Waals surface area contributed by atoms with Crippen molar-refractivity contribution in [1.82, 2.24) is 25.8 Å². The van der Waals surface area contributed by atoms with E-state index in [1.54, 1.807) is 44.2 Å². The molecular formula is C20H22N5NaO6S. The van der Waals surface area contributed by atoms with Gasteiger partial charge in [0.05, 0.1) is 12.0 Å². The molecule has 6 amide bonds. The van der Waals surface area contributed by atoms with Crippen LogP contribution in [0.1, 0.15) is 25.5 Å². The summed E-state index contributed by atoms with van der Waals surface area (Å²) in [5.41, 5.74) is 0.466. The number of hydrogen-bond acceptors (Lipinski definition) is 7. The standard InChI is InChI=1S/C20H23N5O6S.Na/c1-20(2)13(17(28)29)25-15(27)12(16(25)32-20)22-14(26)11(10-6-4-3-5-7-10)23-19(31)24-9-8-21-18(24)30;/h3-7,11-13,16H,8-9H2,1-2H3,(H,21,30)(H,22,26)(H,23,31)(H,28,29);/q;+1/p-1/t11?,12-,13?,16-;/m1./s1. The number of carboxylic acids is 1. The van der Waals surface area contributed by atoms with Crippen LogP contribution >= 0.6 is 11.8 Å². The number of imide groups is 1. The van der Waals surface area contributed by atoms with E-state index in [0.717, 1.165) is 4.90 Å². The fraction of sp³-hybridized carbons (Fsp3) is 0.450. The number of nitrogens with one attached hydrogen (secondary N) is 3. The number of rotatable bonds is 5. The summed E-state index contributed by atoms with van der Waals surface area (Å²) in [4.78, 5) is 63.9. The Morgan fingerprint density at radius 2 is 1.88 bits per heavy atom. The van der Waals surface area contributed by atoms with E-state index in [1.165, 1.54) is 16.7 Å². The van der Waals surface area contributed by atoms with E-state index in [9.17, 15) is 29.1 Å². The van der Waals surface area contributed by atoms with Crippen LogP contribution in [0.15, 0.2) is 30.3 Å².